The van der Waals surface area contributed by atoms with Crippen LogP contribution in [0.15, 0.2) is 30.3 Å². The summed E-state index contributed by atoms with van der Waals surface area (Å²) in [7, 11) is 1.32. The lowest BCUT2D eigenvalue weighted by atomic mass is 10.2. The first-order valence-corrected chi connectivity index (χ1v) is 6.01. The molecular formula is C13H15F3N2O3. The lowest BCUT2D eigenvalue weighted by Crippen LogP contribution is -2.47. The minimum atomic E-state index is -4.65. The molecular weight excluding hydrogens is 289 g/mol. The molecule has 2 amide bonds. The Morgan fingerprint density at radius 1 is 1.19 bits per heavy atom. The number of carboxylic acid groups (broad SMARTS) is 1. The number of carbonyl (C=O) groups excluding carboxylic acids is 1. The molecule has 0 bridgehead atoms. The number of hydrogen-bond donors (Lipinski definition) is 1. The Bertz CT molecular complexity index is 491. The average molecular weight is 304 g/mol. The van der Waals surface area contributed by atoms with E-state index in [1.807, 2.05) is 0 Å². The van der Waals surface area contributed by atoms with E-state index in [9.17, 15) is 22.8 Å². The molecule has 116 valence electrons. The standard InChI is InChI=1S/C13H15F3N2O3/c1-17(7-10-5-3-2-4-6-10)12(21)18(8-11(19)20)9-13(14,15)16/h2-6H,7-9H2,1H3,(H,19,20). The van der Waals surface area contributed by atoms with Crippen molar-refractivity contribution in [2.75, 3.05) is 20.1 Å². The summed E-state index contributed by atoms with van der Waals surface area (Å²) in [6.45, 7) is -2.51. The van der Waals surface area contributed by atoms with Crippen LogP contribution in [0.4, 0.5) is 18.0 Å². The Morgan fingerprint density at radius 2 is 1.76 bits per heavy atom. The molecule has 8 heteroatoms. The maximum atomic E-state index is 12.4. The average Bonchev–Trinajstić information content (AvgIpc) is 2.36. The molecule has 0 unspecified atom stereocenters. The van der Waals surface area contributed by atoms with E-state index in [0.717, 1.165) is 10.5 Å². The monoisotopic (exact) mass is 304 g/mol. The highest BCUT2D eigenvalue weighted by Gasteiger charge is 2.35. The maximum Gasteiger partial charge on any atom is 0.406 e. The number of rotatable bonds is 5. The Morgan fingerprint density at radius 3 is 2.24 bits per heavy atom. The highest BCUT2D eigenvalue weighted by molar-refractivity contribution is 5.80. The van der Waals surface area contributed by atoms with Gasteiger partial charge in [0.2, 0.25) is 0 Å². The molecule has 0 spiro atoms. The van der Waals surface area contributed by atoms with Crippen LogP contribution in [-0.2, 0) is 11.3 Å². The van der Waals surface area contributed by atoms with Gasteiger partial charge in [0.25, 0.3) is 0 Å². The van der Waals surface area contributed by atoms with Gasteiger partial charge < -0.3 is 14.9 Å². The summed E-state index contributed by atoms with van der Waals surface area (Å²) in [5.74, 6) is -1.50. The summed E-state index contributed by atoms with van der Waals surface area (Å²) in [6, 6.07) is 7.69. The Labute approximate surface area is 119 Å². The highest BCUT2D eigenvalue weighted by Crippen LogP contribution is 2.17. The molecule has 0 fully saturated rings. The van der Waals surface area contributed by atoms with Crippen LogP contribution in [0, 0.1) is 0 Å². The van der Waals surface area contributed by atoms with E-state index < -0.39 is 31.3 Å². The third-order valence-electron chi connectivity index (χ3n) is 2.56. The molecule has 0 heterocycles. The van der Waals surface area contributed by atoms with E-state index in [-0.39, 0.29) is 11.4 Å². The number of carboxylic acids is 1. The molecule has 1 rings (SSSR count). The minimum absolute atomic E-state index is 0.0909. The summed E-state index contributed by atoms with van der Waals surface area (Å²) < 4.78 is 37.2. The van der Waals surface area contributed by atoms with Crippen LogP contribution < -0.4 is 0 Å². The number of amides is 2. The second-order valence-electron chi connectivity index (χ2n) is 4.49. The van der Waals surface area contributed by atoms with Gasteiger partial charge >= 0.3 is 18.2 Å². The van der Waals surface area contributed by atoms with Crippen molar-refractivity contribution in [3.8, 4) is 0 Å². The lowest BCUT2D eigenvalue weighted by Gasteiger charge is -2.27. The van der Waals surface area contributed by atoms with Gasteiger partial charge in [-0.25, -0.2) is 4.79 Å². The van der Waals surface area contributed by atoms with Gasteiger partial charge in [0, 0.05) is 13.6 Å². The van der Waals surface area contributed by atoms with Crippen molar-refractivity contribution in [3.05, 3.63) is 35.9 Å². The van der Waals surface area contributed by atoms with Gasteiger partial charge in [0.05, 0.1) is 0 Å². The number of hydrogen-bond acceptors (Lipinski definition) is 2. The highest BCUT2D eigenvalue weighted by atomic mass is 19.4. The van der Waals surface area contributed by atoms with Crippen LogP contribution in [0.3, 0.4) is 0 Å². The second kappa shape index (κ2) is 6.96. The second-order valence-corrected chi connectivity index (χ2v) is 4.49. The summed E-state index contributed by atoms with van der Waals surface area (Å²) in [4.78, 5) is 23.9. The molecule has 0 aliphatic carbocycles. The number of nitrogens with zero attached hydrogens (tertiary/aromatic N) is 2. The van der Waals surface area contributed by atoms with Crippen molar-refractivity contribution in [1.29, 1.82) is 0 Å². The quantitative estimate of drug-likeness (QED) is 0.907. The maximum absolute atomic E-state index is 12.4. The van der Waals surface area contributed by atoms with Crippen LogP contribution in [0.5, 0.6) is 0 Å². The molecule has 0 atom stereocenters. The molecule has 0 aromatic heterocycles. The summed E-state index contributed by atoms with van der Waals surface area (Å²) in [5.41, 5.74) is 0.732. The predicted octanol–water partition coefficient (Wildman–Crippen LogP) is 2.19. The SMILES string of the molecule is CN(Cc1ccccc1)C(=O)N(CC(=O)O)CC(F)(F)F. The minimum Gasteiger partial charge on any atom is -0.480 e. The van der Waals surface area contributed by atoms with Crippen LogP contribution in [0.25, 0.3) is 0 Å². The fourth-order valence-corrected chi connectivity index (χ4v) is 1.74. The molecule has 0 saturated carbocycles. The largest absolute Gasteiger partial charge is 0.480 e. The molecule has 0 aliphatic rings. The van der Waals surface area contributed by atoms with Gasteiger partial charge in [-0.2, -0.15) is 13.2 Å². The van der Waals surface area contributed by atoms with E-state index >= 15 is 0 Å². The number of carbonyl (C=O) groups is 2. The van der Waals surface area contributed by atoms with Crippen LogP contribution in [-0.4, -0.2) is 53.2 Å². The van der Waals surface area contributed by atoms with E-state index in [0.29, 0.717) is 0 Å². The van der Waals surface area contributed by atoms with Crippen molar-refractivity contribution >= 4 is 12.0 Å². The number of halogens is 3. The zero-order valence-electron chi connectivity index (χ0n) is 11.3. The van der Waals surface area contributed by atoms with Crippen LogP contribution in [0.2, 0.25) is 0 Å². The van der Waals surface area contributed by atoms with E-state index in [1.165, 1.54) is 7.05 Å². The van der Waals surface area contributed by atoms with E-state index in [2.05, 4.69) is 0 Å². The zero-order chi connectivity index (χ0) is 16.0. The fourth-order valence-electron chi connectivity index (χ4n) is 1.74. The Kier molecular flexibility index (Phi) is 5.57. The molecule has 1 aromatic rings. The Balaban J connectivity index is 2.76. The van der Waals surface area contributed by atoms with Gasteiger partial charge in [0.1, 0.15) is 13.1 Å². The van der Waals surface area contributed by atoms with Gasteiger partial charge in [-0.3, -0.25) is 4.79 Å². The molecule has 0 saturated heterocycles. The molecule has 0 radical (unpaired) electrons. The number of aliphatic carboxylic acids is 1. The summed E-state index contributed by atoms with van der Waals surface area (Å²) >= 11 is 0. The Hall–Kier alpha value is -2.25. The number of alkyl halides is 3. The first-order valence-electron chi connectivity index (χ1n) is 6.01. The fraction of sp³-hybridized carbons (Fsp3) is 0.385. The zero-order valence-corrected chi connectivity index (χ0v) is 11.3. The summed E-state index contributed by atoms with van der Waals surface area (Å²) in [6.07, 6.45) is -4.65. The van der Waals surface area contributed by atoms with Crippen molar-refractivity contribution in [2.24, 2.45) is 0 Å². The molecule has 0 aliphatic heterocycles. The predicted molar refractivity (Wildman–Crippen MR) is 68.6 cm³/mol. The third kappa shape index (κ3) is 6.15. The number of urea groups is 1. The van der Waals surface area contributed by atoms with E-state index in [1.54, 1.807) is 30.3 Å². The van der Waals surface area contributed by atoms with Gasteiger partial charge in [-0.1, -0.05) is 30.3 Å². The molecule has 1 N–H and O–H groups in total. The first kappa shape index (κ1) is 16.8. The smallest absolute Gasteiger partial charge is 0.406 e. The lowest BCUT2D eigenvalue weighted by molar-refractivity contribution is -0.149. The normalized spacial score (nSPS) is 11.0. The van der Waals surface area contributed by atoms with Gasteiger partial charge in [-0.15, -0.1) is 0 Å². The molecule has 1 aromatic carbocycles. The van der Waals surface area contributed by atoms with Gasteiger partial charge in [-0.05, 0) is 5.56 Å². The third-order valence-corrected chi connectivity index (χ3v) is 2.56. The molecule has 21 heavy (non-hydrogen) atoms. The first-order chi connectivity index (χ1) is 9.69. The molecule has 5 nitrogen and oxygen atoms in total. The topological polar surface area (TPSA) is 60.9 Å². The number of benzene rings is 1. The van der Waals surface area contributed by atoms with E-state index in [4.69, 9.17) is 5.11 Å². The van der Waals surface area contributed by atoms with Crippen molar-refractivity contribution < 1.29 is 27.9 Å². The van der Waals surface area contributed by atoms with Crippen LogP contribution in [0.1, 0.15) is 5.56 Å². The van der Waals surface area contributed by atoms with Gasteiger partial charge in [0.15, 0.2) is 0 Å². The van der Waals surface area contributed by atoms with Crippen LogP contribution >= 0.6 is 0 Å². The van der Waals surface area contributed by atoms with Crippen molar-refractivity contribution in [1.82, 2.24) is 9.80 Å². The summed E-state index contributed by atoms with van der Waals surface area (Å²) in [5, 5.41) is 8.62. The van der Waals surface area contributed by atoms with Crippen molar-refractivity contribution in [3.63, 3.8) is 0 Å². The van der Waals surface area contributed by atoms with Crippen molar-refractivity contribution in [2.45, 2.75) is 12.7 Å².